The van der Waals surface area contributed by atoms with Gasteiger partial charge in [-0.05, 0) is 48.7 Å². The van der Waals surface area contributed by atoms with E-state index in [1.165, 1.54) is 12.1 Å². The molecule has 0 unspecified atom stereocenters. The van der Waals surface area contributed by atoms with Crippen LogP contribution in [0, 0.1) is 0 Å². The number of thioether (sulfide) groups is 1. The van der Waals surface area contributed by atoms with Crippen molar-refractivity contribution < 1.29 is 14.7 Å². The van der Waals surface area contributed by atoms with Crippen molar-refractivity contribution in [3.63, 3.8) is 0 Å². The van der Waals surface area contributed by atoms with Gasteiger partial charge in [-0.15, -0.1) is 11.8 Å². The minimum Gasteiger partial charge on any atom is -0.478 e. The van der Waals surface area contributed by atoms with Gasteiger partial charge in [-0.3, -0.25) is 4.79 Å². The van der Waals surface area contributed by atoms with E-state index in [-0.39, 0.29) is 11.5 Å². The van der Waals surface area contributed by atoms with Crippen molar-refractivity contribution in [3.05, 3.63) is 59.7 Å². The molecule has 2 N–H and O–H groups in total. The van der Waals surface area contributed by atoms with Crippen molar-refractivity contribution in [2.24, 2.45) is 0 Å². The Kier molecular flexibility index (Phi) is 4.42. The molecular weight excluding hydrogens is 274 g/mol. The Morgan fingerprint density at radius 2 is 1.70 bits per heavy atom. The molecule has 2 aromatic rings. The van der Waals surface area contributed by atoms with Gasteiger partial charge in [0.05, 0.1) is 5.56 Å². The molecule has 0 bridgehead atoms. The molecule has 0 aromatic heterocycles. The van der Waals surface area contributed by atoms with Gasteiger partial charge in [-0.1, -0.05) is 6.07 Å². The van der Waals surface area contributed by atoms with Crippen molar-refractivity contribution in [3.8, 4) is 0 Å². The number of carboxylic acids is 1. The maximum atomic E-state index is 12.0. The molecule has 0 fully saturated rings. The number of benzene rings is 2. The number of anilines is 1. The van der Waals surface area contributed by atoms with Crippen molar-refractivity contribution in [1.29, 1.82) is 0 Å². The maximum absolute atomic E-state index is 12.0. The maximum Gasteiger partial charge on any atom is 0.335 e. The minimum absolute atomic E-state index is 0.0929. The summed E-state index contributed by atoms with van der Waals surface area (Å²) in [7, 11) is 0. The van der Waals surface area contributed by atoms with Gasteiger partial charge in [0, 0.05) is 16.1 Å². The van der Waals surface area contributed by atoms with Gasteiger partial charge in [0.2, 0.25) is 0 Å². The second-order valence-corrected chi connectivity index (χ2v) is 4.95. The Morgan fingerprint density at radius 3 is 2.30 bits per heavy atom. The first-order chi connectivity index (χ1) is 9.60. The molecule has 0 aliphatic carbocycles. The van der Waals surface area contributed by atoms with E-state index in [0.717, 1.165) is 4.90 Å². The fourth-order valence-corrected chi connectivity index (χ4v) is 2.08. The third-order valence-corrected chi connectivity index (χ3v) is 3.46. The Labute approximate surface area is 120 Å². The first-order valence-corrected chi connectivity index (χ1v) is 7.11. The lowest BCUT2D eigenvalue weighted by Crippen LogP contribution is -2.12. The quantitative estimate of drug-likeness (QED) is 0.846. The molecule has 0 aliphatic heterocycles. The standard InChI is InChI=1S/C15H13NO3S/c1-20-13-7-5-12(6-8-13)16-14(17)10-3-2-4-11(9-10)15(18)19/h2-9H,1H3,(H,16,17)(H,18,19). The molecule has 20 heavy (non-hydrogen) atoms. The Balaban J connectivity index is 2.14. The Morgan fingerprint density at radius 1 is 1.05 bits per heavy atom. The van der Waals surface area contributed by atoms with E-state index in [1.54, 1.807) is 23.9 Å². The van der Waals surface area contributed by atoms with Gasteiger partial charge in [0.15, 0.2) is 0 Å². The van der Waals surface area contributed by atoms with Gasteiger partial charge >= 0.3 is 5.97 Å². The summed E-state index contributed by atoms with van der Waals surface area (Å²) in [5.74, 6) is -1.38. The SMILES string of the molecule is CSc1ccc(NC(=O)c2cccc(C(=O)O)c2)cc1. The molecule has 1 amide bonds. The van der Waals surface area contributed by atoms with E-state index >= 15 is 0 Å². The smallest absolute Gasteiger partial charge is 0.335 e. The fourth-order valence-electron chi connectivity index (χ4n) is 1.67. The predicted molar refractivity (Wildman–Crippen MR) is 79.6 cm³/mol. The van der Waals surface area contributed by atoms with Crippen molar-refractivity contribution in [2.45, 2.75) is 4.90 Å². The molecule has 0 radical (unpaired) electrons. The first kappa shape index (κ1) is 14.1. The summed E-state index contributed by atoms with van der Waals surface area (Å²) in [6.07, 6.45) is 1.98. The monoisotopic (exact) mass is 287 g/mol. The highest BCUT2D eigenvalue weighted by Crippen LogP contribution is 2.18. The van der Waals surface area contributed by atoms with Crippen molar-refractivity contribution >= 4 is 29.3 Å². The second-order valence-electron chi connectivity index (χ2n) is 4.07. The van der Waals surface area contributed by atoms with Gasteiger partial charge < -0.3 is 10.4 Å². The lowest BCUT2D eigenvalue weighted by atomic mass is 10.1. The molecule has 0 saturated carbocycles. The molecule has 2 aromatic carbocycles. The van der Waals surface area contributed by atoms with Gasteiger partial charge in [-0.25, -0.2) is 4.79 Å². The summed E-state index contributed by atoms with van der Waals surface area (Å²) in [6, 6.07) is 13.4. The van der Waals surface area contributed by atoms with Crippen LogP contribution >= 0.6 is 11.8 Å². The zero-order chi connectivity index (χ0) is 14.5. The number of amides is 1. The van der Waals surface area contributed by atoms with Crippen LogP contribution in [0.2, 0.25) is 0 Å². The number of carboxylic acid groups (broad SMARTS) is 1. The third kappa shape index (κ3) is 3.39. The molecule has 0 heterocycles. The summed E-state index contributed by atoms with van der Waals surface area (Å²) in [5.41, 5.74) is 1.09. The van der Waals surface area contributed by atoms with Crippen LogP contribution in [-0.4, -0.2) is 23.2 Å². The predicted octanol–water partition coefficient (Wildman–Crippen LogP) is 3.36. The highest BCUT2D eigenvalue weighted by molar-refractivity contribution is 7.98. The van der Waals surface area contributed by atoms with Crippen LogP contribution in [0.4, 0.5) is 5.69 Å². The van der Waals surface area contributed by atoms with E-state index in [9.17, 15) is 9.59 Å². The summed E-state index contributed by atoms with van der Waals surface area (Å²) < 4.78 is 0. The average Bonchev–Trinajstić information content (AvgIpc) is 2.48. The van der Waals surface area contributed by atoms with Crippen LogP contribution in [0.1, 0.15) is 20.7 Å². The molecule has 0 atom stereocenters. The number of carbonyl (C=O) groups is 2. The van der Waals surface area contributed by atoms with E-state index in [2.05, 4.69) is 5.32 Å². The summed E-state index contributed by atoms with van der Waals surface area (Å²) in [6.45, 7) is 0. The molecule has 0 spiro atoms. The highest BCUT2D eigenvalue weighted by Gasteiger charge is 2.09. The number of nitrogens with one attached hydrogen (secondary N) is 1. The zero-order valence-electron chi connectivity index (χ0n) is 10.8. The van der Waals surface area contributed by atoms with Crippen LogP contribution in [0.25, 0.3) is 0 Å². The lowest BCUT2D eigenvalue weighted by molar-refractivity contribution is 0.0697. The second kappa shape index (κ2) is 6.25. The largest absolute Gasteiger partial charge is 0.478 e. The minimum atomic E-state index is -1.05. The zero-order valence-corrected chi connectivity index (χ0v) is 11.6. The van der Waals surface area contributed by atoms with E-state index in [0.29, 0.717) is 11.3 Å². The van der Waals surface area contributed by atoms with E-state index < -0.39 is 5.97 Å². The number of rotatable bonds is 4. The Bertz CT molecular complexity index is 638. The van der Waals surface area contributed by atoms with E-state index in [4.69, 9.17) is 5.11 Å². The molecule has 4 nitrogen and oxygen atoms in total. The average molecular weight is 287 g/mol. The molecule has 0 saturated heterocycles. The number of hydrogen-bond donors (Lipinski definition) is 2. The third-order valence-electron chi connectivity index (χ3n) is 2.72. The highest BCUT2D eigenvalue weighted by atomic mass is 32.2. The molecule has 102 valence electrons. The van der Waals surface area contributed by atoms with Crippen LogP contribution in [-0.2, 0) is 0 Å². The van der Waals surface area contributed by atoms with Crippen LogP contribution < -0.4 is 5.32 Å². The summed E-state index contributed by atoms with van der Waals surface area (Å²) in [5, 5.41) is 11.6. The van der Waals surface area contributed by atoms with Crippen molar-refractivity contribution in [1.82, 2.24) is 0 Å². The normalized spacial score (nSPS) is 10.1. The van der Waals surface area contributed by atoms with Crippen LogP contribution in [0.5, 0.6) is 0 Å². The summed E-state index contributed by atoms with van der Waals surface area (Å²) in [4.78, 5) is 24.0. The topological polar surface area (TPSA) is 66.4 Å². The van der Waals surface area contributed by atoms with Gasteiger partial charge in [0.25, 0.3) is 5.91 Å². The lowest BCUT2D eigenvalue weighted by Gasteiger charge is -2.06. The number of hydrogen-bond acceptors (Lipinski definition) is 3. The molecule has 5 heteroatoms. The van der Waals surface area contributed by atoms with E-state index in [1.807, 2.05) is 30.5 Å². The Hall–Kier alpha value is -2.27. The first-order valence-electron chi connectivity index (χ1n) is 5.89. The number of aromatic carboxylic acids is 1. The summed E-state index contributed by atoms with van der Waals surface area (Å²) >= 11 is 1.62. The fraction of sp³-hybridized carbons (Fsp3) is 0.0667. The molecule has 2 rings (SSSR count). The van der Waals surface area contributed by atoms with Gasteiger partial charge in [-0.2, -0.15) is 0 Å². The molecule has 0 aliphatic rings. The van der Waals surface area contributed by atoms with Crippen LogP contribution in [0.3, 0.4) is 0 Å². The van der Waals surface area contributed by atoms with Gasteiger partial charge in [0.1, 0.15) is 0 Å². The number of carbonyl (C=O) groups excluding carboxylic acids is 1. The van der Waals surface area contributed by atoms with Crippen LogP contribution in [0.15, 0.2) is 53.4 Å². The molecular formula is C15H13NO3S. The van der Waals surface area contributed by atoms with Crippen molar-refractivity contribution in [2.75, 3.05) is 11.6 Å².